The van der Waals surface area contributed by atoms with Gasteiger partial charge in [0.15, 0.2) is 0 Å². The Morgan fingerprint density at radius 1 is 0.923 bits per heavy atom. The molecule has 1 aromatic heterocycles. The molecule has 2 heteroatoms. The maximum atomic E-state index is 4.01. The fourth-order valence-electron chi connectivity index (χ4n) is 4.96. The van der Waals surface area contributed by atoms with Crippen molar-refractivity contribution in [3.05, 3.63) is 114 Å². The number of rotatable bonds is 1. The molecule has 5 rings (SSSR count). The Labute approximate surface area is 156 Å². The second-order valence-electron chi connectivity index (χ2n) is 6.84. The van der Waals surface area contributed by atoms with Gasteiger partial charge in [-0.05, 0) is 55.8 Å². The molecule has 2 aromatic carbocycles. The van der Waals surface area contributed by atoms with Gasteiger partial charge in [0.1, 0.15) is 0 Å². The molecule has 0 aliphatic heterocycles. The summed E-state index contributed by atoms with van der Waals surface area (Å²) in [5, 5.41) is 0. The molecule has 26 heavy (non-hydrogen) atoms. The Bertz CT molecular complexity index is 1080. The van der Waals surface area contributed by atoms with Gasteiger partial charge in [0.25, 0.3) is 0 Å². The minimum atomic E-state index is -0.288. The predicted octanol–water partition coefficient (Wildman–Crippen LogP) is 5.97. The van der Waals surface area contributed by atoms with Crippen LogP contribution in [0.4, 0.5) is 0 Å². The Kier molecular flexibility index (Phi) is 3.26. The van der Waals surface area contributed by atoms with Gasteiger partial charge in [-0.1, -0.05) is 73.3 Å². The molecule has 2 aliphatic carbocycles. The second-order valence-corrected chi connectivity index (χ2v) is 7.40. The molecule has 0 bridgehead atoms. The summed E-state index contributed by atoms with van der Waals surface area (Å²) >= 11 is 0. The van der Waals surface area contributed by atoms with Crippen molar-refractivity contribution in [2.45, 2.75) is 12.3 Å². The van der Waals surface area contributed by atoms with Gasteiger partial charge in [-0.3, -0.25) is 0 Å². The summed E-state index contributed by atoms with van der Waals surface area (Å²) in [7, 11) is 2.88. The first-order valence-corrected chi connectivity index (χ1v) is 9.43. The highest BCUT2D eigenvalue weighted by Crippen LogP contribution is 2.63. The molecule has 0 radical (unpaired) electrons. The molecule has 0 amide bonds. The monoisotopic (exact) mass is 353 g/mol. The SMILES string of the molecule is C=C/C=C1\C(=C/C)c2ccn(P)c2C12c1ccccc1-c1ccccc12. The topological polar surface area (TPSA) is 4.93 Å². The van der Waals surface area contributed by atoms with E-state index in [4.69, 9.17) is 0 Å². The highest BCUT2D eigenvalue weighted by molar-refractivity contribution is 7.14. The number of hydrogen-bond donors (Lipinski definition) is 0. The van der Waals surface area contributed by atoms with Crippen molar-refractivity contribution >= 4 is 15.0 Å². The highest BCUT2D eigenvalue weighted by atomic mass is 31.0. The zero-order chi connectivity index (χ0) is 17.9. The minimum absolute atomic E-state index is 0.288. The molecule has 2 aliphatic rings. The molecule has 0 N–H and O–H groups in total. The Balaban J connectivity index is 2.04. The van der Waals surface area contributed by atoms with Crippen molar-refractivity contribution in [2.75, 3.05) is 0 Å². The zero-order valence-electron chi connectivity index (χ0n) is 14.7. The van der Waals surface area contributed by atoms with E-state index in [1.165, 1.54) is 44.7 Å². The van der Waals surface area contributed by atoms with E-state index < -0.39 is 0 Å². The smallest absolute Gasteiger partial charge is 0.0880 e. The number of allylic oxidation sites excluding steroid dienone is 5. The third kappa shape index (κ3) is 1.65. The summed E-state index contributed by atoms with van der Waals surface area (Å²) in [6.07, 6.45) is 8.49. The summed E-state index contributed by atoms with van der Waals surface area (Å²) in [6.45, 7) is 6.14. The van der Waals surface area contributed by atoms with Crippen molar-refractivity contribution in [1.29, 1.82) is 0 Å². The van der Waals surface area contributed by atoms with Crippen molar-refractivity contribution in [2.24, 2.45) is 0 Å². The van der Waals surface area contributed by atoms with Crippen molar-refractivity contribution in [1.82, 2.24) is 4.34 Å². The van der Waals surface area contributed by atoms with Crippen LogP contribution in [-0.2, 0) is 5.41 Å². The molecule has 0 saturated heterocycles. The normalized spacial score (nSPS) is 19.0. The van der Waals surface area contributed by atoms with Crippen LogP contribution in [0, 0.1) is 0 Å². The average Bonchev–Trinajstić information content (AvgIpc) is 3.28. The van der Waals surface area contributed by atoms with Gasteiger partial charge in [-0.2, -0.15) is 0 Å². The maximum absolute atomic E-state index is 4.01. The van der Waals surface area contributed by atoms with E-state index in [0.717, 1.165) is 0 Å². The van der Waals surface area contributed by atoms with Gasteiger partial charge < -0.3 is 4.34 Å². The number of hydrogen-bond acceptors (Lipinski definition) is 0. The van der Waals surface area contributed by atoms with E-state index in [0.29, 0.717) is 0 Å². The first kappa shape index (κ1) is 15.6. The second kappa shape index (κ2) is 5.43. The molecule has 1 unspecified atom stereocenters. The van der Waals surface area contributed by atoms with Crippen LogP contribution in [0.3, 0.4) is 0 Å². The van der Waals surface area contributed by atoms with Crippen molar-refractivity contribution in [3.63, 3.8) is 0 Å². The zero-order valence-corrected chi connectivity index (χ0v) is 15.9. The summed E-state index contributed by atoms with van der Waals surface area (Å²) < 4.78 is 2.21. The van der Waals surface area contributed by atoms with Crippen molar-refractivity contribution < 1.29 is 0 Å². The molecule has 0 fully saturated rings. The lowest BCUT2D eigenvalue weighted by molar-refractivity contribution is 0.754. The average molecular weight is 353 g/mol. The Morgan fingerprint density at radius 3 is 2.12 bits per heavy atom. The summed E-state index contributed by atoms with van der Waals surface area (Å²) in [4.78, 5) is 0. The summed E-state index contributed by atoms with van der Waals surface area (Å²) in [5.74, 6) is 0. The largest absolute Gasteiger partial charge is 0.334 e. The van der Waals surface area contributed by atoms with Gasteiger partial charge >= 0.3 is 0 Å². The van der Waals surface area contributed by atoms with E-state index in [1.807, 2.05) is 6.08 Å². The molecule has 126 valence electrons. The number of aromatic nitrogens is 1. The van der Waals surface area contributed by atoms with Gasteiger partial charge in [0, 0.05) is 17.5 Å². The van der Waals surface area contributed by atoms with E-state index in [2.05, 4.69) is 100 Å². The van der Waals surface area contributed by atoms with Crippen LogP contribution in [0.5, 0.6) is 0 Å². The molecule has 0 saturated carbocycles. The quantitative estimate of drug-likeness (QED) is 0.475. The van der Waals surface area contributed by atoms with Gasteiger partial charge in [-0.15, -0.1) is 0 Å². The molecular formula is C24H20NP. The molecule has 1 heterocycles. The number of fused-ring (bicyclic) bond motifs is 7. The van der Waals surface area contributed by atoms with E-state index in [-0.39, 0.29) is 5.41 Å². The first-order chi connectivity index (χ1) is 12.7. The molecule has 1 atom stereocenters. The maximum Gasteiger partial charge on any atom is 0.0880 e. The van der Waals surface area contributed by atoms with E-state index in [1.54, 1.807) is 0 Å². The van der Waals surface area contributed by atoms with Crippen LogP contribution in [-0.4, -0.2) is 4.34 Å². The van der Waals surface area contributed by atoms with Crippen LogP contribution in [0.25, 0.3) is 16.7 Å². The molecular weight excluding hydrogens is 333 g/mol. The highest BCUT2D eigenvalue weighted by Gasteiger charge is 2.54. The fraction of sp³-hybridized carbons (Fsp3) is 0.0833. The lowest BCUT2D eigenvalue weighted by atomic mass is 9.72. The molecule has 1 spiro atoms. The lowest BCUT2D eigenvalue weighted by Gasteiger charge is -2.31. The summed E-state index contributed by atoms with van der Waals surface area (Å²) in [5.41, 5.74) is 10.3. The lowest BCUT2D eigenvalue weighted by Crippen LogP contribution is -2.27. The van der Waals surface area contributed by atoms with Crippen LogP contribution in [0.1, 0.15) is 29.3 Å². The number of nitrogens with zero attached hydrogens (tertiary/aromatic N) is 1. The van der Waals surface area contributed by atoms with Gasteiger partial charge in [-0.25, -0.2) is 0 Å². The Hall–Kier alpha value is -2.63. The van der Waals surface area contributed by atoms with Crippen LogP contribution in [0.2, 0.25) is 0 Å². The molecule has 3 aromatic rings. The Morgan fingerprint density at radius 2 is 1.54 bits per heavy atom. The first-order valence-electron chi connectivity index (χ1n) is 8.91. The van der Waals surface area contributed by atoms with Gasteiger partial charge in [0.2, 0.25) is 0 Å². The molecule has 1 nitrogen and oxygen atoms in total. The standard InChI is InChI=1S/C24H20NP/c1-3-9-20-16(4-2)19-14-15-25(26)23(19)24(20)21-12-7-5-10-17(21)18-11-6-8-13-22(18)24/h3-15H,1,26H2,2H3/b16-4-,20-9+. The van der Waals surface area contributed by atoms with Crippen LogP contribution in [0.15, 0.2) is 91.2 Å². The number of benzene rings is 2. The van der Waals surface area contributed by atoms with Gasteiger partial charge in [0.05, 0.1) is 5.41 Å². The summed E-state index contributed by atoms with van der Waals surface area (Å²) in [6, 6.07) is 19.9. The minimum Gasteiger partial charge on any atom is -0.334 e. The van der Waals surface area contributed by atoms with Crippen LogP contribution >= 0.6 is 9.39 Å². The predicted molar refractivity (Wildman–Crippen MR) is 113 cm³/mol. The van der Waals surface area contributed by atoms with Crippen molar-refractivity contribution in [3.8, 4) is 11.1 Å². The van der Waals surface area contributed by atoms with E-state index in [9.17, 15) is 0 Å². The third-order valence-electron chi connectivity index (χ3n) is 5.78. The third-order valence-corrected chi connectivity index (χ3v) is 6.21. The fourth-order valence-corrected chi connectivity index (χ4v) is 5.38. The van der Waals surface area contributed by atoms with Crippen LogP contribution < -0.4 is 0 Å². The van der Waals surface area contributed by atoms with E-state index >= 15 is 0 Å².